The van der Waals surface area contributed by atoms with Gasteiger partial charge >= 0.3 is 5.97 Å². The summed E-state index contributed by atoms with van der Waals surface area (Å²) in [7, 11) is 0. The maximum Gasteiger partial charge on any atom is 0.335 e. The van der Waals surface area contributed by atoms with Gasteiger partial charge in [-0.3, -0.25) is 4.79 Å². The van der Waals surface area contributed by atoms with Crippen molar-refractivity contribution in [3.05, 3.63) is 51.2 Å². The van der Waals surface area contributed by atoms with Gasteiger partial charge in [-0.1, -0.05) is 11.6 Å². The van der Waals surface area contributed by atoms with E-state index >= 15 is 0 Å². The second-order valence-corrected chi connectivity index (χ2v) is 5.16. The molecule has 1 aromatic heterocycles. The van der Waals surface area contributed by atoms with Crippen molar-refractivity contribution in [2.75, 3.05) is 5.32 Å². The number of benzene rings is 1. The van der Waals surface area contributed by atoms with Crippen LogP contribution in [0.15, 0.2) is 36.4 Å². The maximum atomic E-state index is 11.8. The third-order valence-corrected chi connectivity index (χ3v) is 3.42. The number of anilines is 1. The highest BCUT2D eigenvalue weighted by Crippen LogP contribution is 2.22. The minimum Gasteiger partial charge on any atom is -0.478 e. The predicted octanol–water partition coefficient (Wildman–Crippen LogP) is 3.35. The zero-order valence-electron chi connectivity index (χ0n) is 9.01. The number of amides is 1. The Balaban J connectivity index is 2.10. The van der Waals surface area contributed by atoms with Crippen molar-refractivity contribution in [1.29, 1.82) is 0 Å². The fraction of sp³-hybridized carbons (Fsp3) is 0. The van der Waals surface area contributed by atoms with E-state index < -0.39 is 5.97 Å². The van der Waals surface area contributed by atoms with Gasteiger partial charge in [-0.25, -0.2) is 4.79 Å². The summed E-state index contributed by atoms with van der Waals surface area (Å²) in [4.78, 5) is 22.9. The van der Waals surface area contributed by atoms with Gasteiger partial charge in [0.25, 0.3) is 5.91 Å². The average molecular weight is 282 g/mol. The van der Waals surface area contributed by atoms with Crippen LogP contribution in [0.4, 0.5) is 5.69 Å². The Morgan fingerprint density at radius 1 is 1.11 bits per heavy atom. The summed E-state index contributed by atoms with van der Waals surface area (Å²) in [5, 5.41) is 11.4. The van der Waals surface area contributed by atoms with Crippen LogP contribution in [-0.2, 0) is 0 Å². The van der Waals surface area contributed by atoms with Gasteiger partial charge in [-0.15, -0.1) is 11.3 Å². The molecule has 0 unspecified atom stereocenters. The summed E-state index contributed by atoms with van der Waals surface area (Å²) in [5.74, 6) is -1.27. The predicted molar refractivity (Wildman–Crippen MR) is 70.7 cm³/mol. The van der Waals surface area contributed by atoms with Crippen molar-refractivity contribution in [3.8, 4) is 0 Å². The van der Waals surface area contributed by atoms with Crippen molar-refractivity contribution in [2.45, 2.75) is 0 Å². The first kappa shape index (κ1) is 12.6. The number of carbonyl (C=O) groups is 2. The van der Waals surface area contributed by atoms with Crippen molar-refractivity contribution in [2.24, 2.45) is 0 Å². The van der Waals surface area contributed by atoms with E-state index in [9.17, 15) is 9.59 Å². The molecule has 0 aliphatic heterocycles. The van der Waals surface area contributed by atoms with E-state index in [-0.39, 0.29) is 11.5 Å². The van der Waals surface area contributed by atoms with Crippen LogP contribution in [0.1, 0.15) is 20.0 Å². The highest BCUT2D eigenvalue weighted by molar-refractivity contribution is 7.18. The minimum absolute atomic E-state index is 0.173. The number of hydrogen-bond acceptors (Lipinski definition) is 3. The van der Waals surface area contributed by atoms with Crippen LogP contribution in [0.2, 0.25) is 4.34 Å². The van der Waals surface area contributed by atoms with E-state index in [2.05, 4.69) is 5.32 Å². The fourth-order valence-electron chi connectivity index (χ4n) is 1.33. The Morgan fingerprint density at radius 3 is 2.28 bits per heavy atom. The maximum absolute atomic E-state index is 11.8. The first-order chi connectivity index (χ1) is 8.56. The molecule has 6 heteroatoms. The molecule has 2 N–H and O–H groups in total. The molecule has 2 aromatic rings. The van der Waals surface area contributed by atoms with Crippen LogP contribution in [0.25, 0.3) is 0 Å². The zero-order valence-corrected chi connectivity index (χ0v) is 10.6. The molecule has 1 aromatic carbocycles. The van der Waals surface area contributed by atoms with Gasteiger partial charge in [0.1, 0.15) is 0 Å². The van der Waals surface area contributed by atoms with E-state index in [0.29, 0.717) is 14.9 Å². The Labute approximate surface area is 112 Å². The number of carbonyl (C=O) groups excluding carboxylic acids is 1. The number of rotatable bonds is 3. The molecule has 2 rings (SSSR count). The standard InChI is InChI=1S/C12H8ClNO3S/c13-10-6-5-9(18-10)11(15)14-8-3-1-7(2-4-8)12(16)17/h1-6H,(H,14,15)(H,16,17). The second kappa shape index (κ2) is 5.20. The Hall–Kier alpha value is -1.85. The lowest BCUT2D eigenvalue weighted by atomic mass is 10.2. The van der Waals surface area contributed by atoms with Gasteiger partial charge in [0.15, 0.2) is 0 Å². The van der Waals surface area contributed by atoms with E-state index in [0.717, 1.165) is 0 Å². The van der Waals surface area contributed by atoms with Gasteiger partial charge in [0.05, 0.1) is 14.8 Å². The monoisotopic (exact) mass is 281 g/mol. The van der Waals surface area contributed by atoms with Crippen LogP contribution in [0, 0.1) is 0 Å². The number of nitrogens with one attached hydrogen (secondary N) is 1. The van der Waals surface area contributed by atoms with E-state index in [1.54, 1.807) is 12.1 Å². The highest BCUT2D eigenvalue weighted by Gasteiger charge is 2.09. The van der Waals surface area contributed by atoms with Crippen molar-refractivity contribution in [3.63, 3.8) is 0 Å². The molecular formula is C12H8ClNO3S. The largest absolute Gasteiger partial charge is 0.478 e. The number of aromatic carboxylic acids is 1. The van der Waals surface area contributed by atoms with Gasteiger partial charge in [-0.2, -0.15) is 0 Å². The normalized spacial score (nSPS) is 10.1. The molecule has 0 fully saturated rings. The van der Waals surface area contributed by atoms with Crippen LogP contribution >= 0.6 is 22.9 Å². The Bertz CT molecular complexity index is 592. The van der Waals surface area contributed by atoms with Crippen molar-refractivity contribution in [1.82, 2.24) is 0 Å². The lowest BCUT2D eigenvalue weighted by Crippen LogP contribution is -2.10. The molecule has 0 aliphatic carbocycles. The molecule has 0 saturated carbocycles. The smallest absolute Gasteiger partial charge is 0.335 e. The quantitative estimate of drug-likeness (QED) is 0.906. The van der Waals surface area contributed by atoms with E-state index in [1.807, 2.05) is 0 Å². The van der Waals surface area contributed by atoms with Gasteiger partial charge < -0.3 is 10.4 Å². The molecule has 92 valence electrons. The molecule has 1 heterocycles. The summed E-state index contributed by atoms with van der Waals surface area (Å²) in [6.07, 6.45) is 0. The number of carboxylic acids is 1. The minimum atomic E-state index is -1.00. The molecular weight excluding hydrogens is 274 g/mol. The number of carboxylic acid groups (broad SMARTS) is 1. The summed E-state index contributed by atoms with van der Waals surface area (Å²) in [6.45, 7) is 0. The van der Waals surface area contributed by atoms with Gasteiger partial charge in [-0.05, 0) is 36.4 Å². The number of hydrogen-bond donors (Lipinski definition) is 2. The third-order valence-electron chi connectivity index (χ3n) is 2.19. The third kappa shape index (κ3) is 2.88. The summed E-state index contributed by atoms with van der Waals surface area (Å²) < 4.78 is 0.543. The molecule has 0 aliphatic rings. The molecule has 18 heavy (non-hydrogen) atoms. The molecule has 0 atom stereocenters. The molecule has 0 radical (unpaired) electrons. The molecule has 4 nitrogen and oxygen atoms in total. The first-order valence-corrected chi connectivity index (χ1v) is 6.16. The van der Waals surface area contributed by atoms with Gasteiger partial charge in [0, 0.05) is 5.69 Å². The zero-order chi connectivity index (χ0) is 13.1. The van der Waals surface area contributed by atoms with Crippen LogP contribution in [0.3, 0.4) is 0 Å². The topological polar surface area (TPSA) is 66.4 Å². The van der Waals surface area contributed by atoms with E-state index in [1.165, 1.54) is 35.6 Å². The number of halogens is 1. The average Bonchev–Trinajstić information content (AvgIpc) is 2.76. The van der Waals surface area contributed by atoms with Crippen LogP contribution < -0.4 is 5.32 Å². The summed E-state index contributed by atoms with van der Waals surface area (Å²) >= 11 is 6.92. The molecule has 1 amide bonds. The SMILES string of the molecule is O=C(O)c1ccc(NC(=O)c2ccc(Cl)s2)cc1. The Kier molecular flexibility index (Phi) is 3.64. The molecule has 0 spiro atoms. The van der Waals surface area contributed by atoms with Crippen LogP contribution in [0.5, 0.6) is 0 Å². The molecule has 0 saturated heterocycles. The lowest BCUT2D eigenvalue weighted by Gasteiger charge is -2.03. The first-order valence-electron chi connectivity index (χ1n) is 4.96. The summed E-state index contributed by atoms with van der Waals surface area (Å²) in [5.41, 5.74) is 0.710. The Morgan fingerprint density at radius 2 is 1.78 bits per heavy atom. The number of thiophene rings is 1. The summed E-state index contributed by atoms with van der Waals surface area (Å²) in [6, 6.07) is 9.22. The van der Waals surface area contributed by atoms with Crippen molar-refractivity contribution < 1.29 is 14.7 Å². The van der Waals surface area contributed by atoms with Crippen LogP contribution in [-0.4, -0.2) is 17.0 Å². The van der Waals surface area contributed by atoms with Gasteiger partial charge in [0.2, 0.25) is 0 Å². The lowest BCUT2D eigenvalue weighted by molar-refractivity contribution is 0.0696. The van der Waals surface area contributed by atoms with Crippen molar-refractivity contribution >= 4 is 40.5 Å². The highest BCUT2D eigenvalue weighted by atomic mass is 35.5. The fourth-order valence-corrected chi connectivity index (χ4v) is 2.26. The molecule has 0 bridgehead atoms. The van der Waals surface area contributed by atoms with E-state index in [4.69, 9.17) is 16.7 Å². The second-order valence-electron chi connectivity index (χ2n) is 3.44.